The predicted molar refractivity (Wildman–Crippen MR) is 84.3 cm³/mol. The molecule has 106 valence electrons. The molecule has 2 aromatic rings. The third-order valence-corrected chi connectivity index (χ3v) is 4.90. The van der Waals surface area contributed by atoms with Gasteiger partial charge in [0.2, 0.25) is 0 Å². The first kappa shape index (κ1) is 13.6. The SMILES string of the molecule is CN1CCN(c2ccccc2CO)[C@@H](c2cccs2)C1. The number of hydrogen-bond donors (Lipinski definition) is 1. The summed E-state index contributed by atoms with van der Waals surface area (Å²) < 4.78 is 0. The van der Waals surface area contributed by atoms with E-state index in [1.807, 2.05) is 23.5 Å². The van der Waals surface area contributed by atoms with Gasteiger partial charge in [-0.3, -0.25) is 0 Å². The maximum Gasteiger partial charge on any atom is 0.0762 e. The second-order valence-corrected chi connectivity index (χ2v) is 6.25. The van der Waals surface area contributed by atoms with Gasteiger partial charge in [-0.05, 0) is 24.6 Å². The second-order valence-electron chi connectivity index (χ2n) is 5.27. The Kier molecular flexibility index (Phi) is 4.05. The fourth-order valence-corrected chi connectivity index (χ4v) is 3.69. The maximum atomic E-state index is 9.58. The molecule has 1 aromatic heterocycles. The Labute approximate surface area is 124 Å². The highest BCUT2D eigenvalue weighted by atomic mass is 32.1. The van der Waals surface area contributed by atoms with E-state index >= 15 is 0 Å². The molecule has 20 heavy (non-hydrogen) atoms. The quantitative estimate of drug-likeness (QED) is 0.941. The number of para-hydroxylation sites is 1. The van der Waals surface area contributed by atoms with Gasteiger partial charge in [0, 0.05) is 35.8 Å². The standard InChI is InChI=1S/C16H20N2OS/c1-17-8-9-18(14-6-3-2-5-13(14)12-19)15(11-17)16-7-4-10-20-16/h2-7,10,15,19H,8-9,11-12H2,1H3/t15-/m1/s1. The Morgan fingerprint density at radius 2 is 2.05 bits per heavy atom. The van der Waals surface area contributed by atoms with Crippen LogP contribution in [0.4, 0.5) is 5.69 Å². The van der Waals surface area contributed by atoms with Gasteiger partial charge in [-0.15, -0.1) is 11.3 Å². The van der Waals surface area contributed by atoms with Crippen LogP contribution in [0.25, 0.3) is 0 Å². The third kappa shape index (κ3) is 2.59. The minimum absolute atomic E-state index is 0.0969. The van der Waals surface area contributed by atoms with Crippen molar-refractivity contribution >= 4 is 17.0 Å². The van der Waals surface area contributed by atoms with Crippen molar-refractivity contribution in [1.29, 1.82) is 0 Å². The van der Waals surface area contributed by atoms with E-state index in [9.17, 15) is 5.11 Å². The number of hydrogen-bond acceptors (Lipinski definition) is 4. The van der Waals surface area contributed by atoms with E-state index in [0.29, 0.717) is 6.04 Å². The third-order valence-electron chi connectivity index (χ3n) is 3.93. The number of benzene rings is 1. The van der Waals surface area contributed by atoms with Gasteiger partial charge >= 0.3 is 0 Å². The van der Waals surface area contributed by atoms with Gasteiger partial charge < -0.3 is 14.9 Å². The fourth-order valence-electron chi connectivity index (χ4n) is 2.86. The highest BCUT2D eigenvalue weighted by Gasteiger charge is 2.28. The van der Waals surface area contributed by atoms with E-state index in [2.05, 4.69) is 46.5 Å². The van der Waals surface area contributed by atoms with Crippen LogP contribution >= 0.6 is 11.3 Å². The molecule has 0 bridgehead atoms. The van der Waals surface area contributed by atoms with Crippen molar-refractivity contribution < 1.29 is 5.11 Å². The van der Waals surface area contributed by atoms with Crippen LogP contribution in [0.3, 0.4) is 0 Å². The number of aliphatic hydroxyl groups is 1. The molecule has 0 aliphatic carbocycles. The first-order valence-electron chi connectivity index (χ1n) is 6.97. The van der Waals surface area contributed by atoms with Crippen LogP contribution in [0.15, 0.2) is 41.8 Å². The maximum absolute atomic E-state index is 9.58. The Morgan fingerprint density at radius 3 is 2.80 bits per heavy atom. The van der Waals surface area contributed by atoms with E-state index in [4.69, 9.17) is 0 Å². The lowest BCUT2D eigenvalue weighted by molar-refractivity contribution is 0.265. The molecular weight excluding hydrogens is 268 g/mol. The molecule has 0 radical (unpaired) electrons. The van der Waals surface area contributed by atoms with Gasteiger partial charge in [0.15, 0.2) is 0 Å². The minimum Gasteiger partial charge on any atom is -0.392 e. The van der Waals surface area contributed by atoms with Crippen LogP contribution in [0.1, 0.15) is 16.5 Å². The summed E-state index contributed by atoms with van der Waals surface area (Å²) in [6.45, 7) is 3.18. The highest BCUT2D eigenvalue weighted by molar-refractivity contribution is 7.10. The van der Waals surface area contributed by atoms with E-state index in [-0.39, 0.29) is 6.61 Å². The zero-order valence-corrected chi connectivity index (χ0v) is 12.5. The van der Waals surface area contributed by atoms with Crippen molar-refractivity contribution in [2.24, 2.45) is 0 Å². The molecule has 3 rings (SSSR count). The lowest BCUT2D eigenvalue weighted by Gasteiger charge is -2.42. The van der Waals surface area contributed by atoms with E-state index < -0.39 is 0 Å². The number of nitrogens with zero attached hydrogens (tertiary/aromatic N) is 2. The molecule has 0 amide bonds. The molecular formula is C16H20N2OS. The molecule has 0 spiro atoms. The first-order valence-corrected chi connectivity index (χ1v) is 7.85. The number of likely N-dealkylation sites (N-methyl/N-ethyl adjacent to an activating group) is 1. The summed E-state index contributed by atoms with van der Waals surface area (Å²) in [5.74, 6) is 0. The lowest BCUT2D eigenvalue weighted by Crippen LogP contribution is -2.47. The molecule has 2 heterocycles. The normalized spacial score (nSPS) is 20.3. The van der Waals surface area contributed by atoms with E-state index in [1.165, 1.54) is 10.6 Å². The molecule has 4 heteroatoms. The predicted octanol–water partition coefficient (Wildman–Crippen LogP) is 2.73. The van der Waals surface area contributed by atoms with Gasteiger partial charge in [0.1, 0.15) is 0 Å². The van der Waals surface area contributed by atoms with Crippen molar-refractivity contribution in [2.75, 3.05) is 31.6 Å². The van der Waals surface area contributed by atoms with Crippen molar-refractivity contribution in [3.63, 3.8) is 0 Å². The number of rotatable bonds is 3. The smallest absolute Gasteiger partial charge is 0.0762 e. The zero-order valence-electron chi connectivity index (χ0n) is 11.7. The van der Waals surface area contributed by atoms with E-state index in [0.717, 1.165) is 25.2 Å². The van der Waals surface area contributed by atoms with Crippen molar-refractivity contribution in [2.45, 2.75) is 12.6 Å². The number of anilines is 1. The summed E-state index contributed by atoms with van der Waals surface area (Å²) in [6.07, 6.45) is 0. The van der Waals surface area contributed by atoms with E-state index in [1.54, 1.807) is 0 Å². The minimum atomic E-state index is 0.0969. The average molecular weight is 288 g/mol. The Hall–Kier alpha value is -1.36. The van der Waals surface area contributed by atoms with Crippen LogP contribution in [-0.2, 0) is 6.61 Å². The molecule has 1 fully saturated rings. The summed E-state index contributed by atoms with van der Waals surface area (Å²) in [5, 5.41) is 11.7. The molecule has 1 aromatic carbocycles. The van der Waals surface area contributed by atoms with Crippen molar-refractivity contribution in [3.8, 4) is 0 Å². The first-order chi connectivity index (χ1) is 9.79. The zero-order chi connectivity index (χ0) is 13.9. The largest absolute Gasteiger partial charge is 0.392 e. The number of thiophene rings is 1. The molecule has 1 aliphatic rings. The van der Waals surface area contributed by atoms with Crippen LogP contribution in [0.2, 0.25) is 0 Å². The topological polar surface area (TPSA) is 26.7 Å². The van der Waals surface area contributed by atoms with Gasteiger partial charge in [-0.25, -0.2) is 0 Å². The monoisotopic (exact) mass is 288 g/mol. The summed E-state index contributed by atoms with van der Waals surface area (Å²) in [4.78, 5) is 6.21. The Balaban J connectivity index is 1.97. The van der Waals surface area contributed by atoms with Gasteiger partial charge in [-0.1, -0.05) is 24.3 Å². The summed E-state index contributed by atoms with van der Waals surface area (Å²) in [7, 11) is 2.18. The van der Waals surface area contributed by atoms with Crippen LogP contribution in [0.5, 0.6) is 0 Å². The Bertz CT molecular complexity index is 555. The molecule has 3 nitrogen and oxygen atoms in total. The van der Waals surface area contributed by atoms with Gasteiger partial charge in [0.05, 0.1) is 12.6 Å². The molecule has 1 N–H and O–H groups in total. The molecule has 0 unspecified atom stereocenters. The Morgan fingerprint density at radius 1 is 1.20 bits per heavy atom. The van der Waals surface area contributed by atoms with Gasteiger partial charge in [0.25, 0.3) is 0 Å². The van der Waals surface area contributed by atoms with Gasteiger partial charge in [-0.2, -0.15) is 0 Å². The molecule has 1 saturated heterocycles. The van der Waals surface area contributed by atoms with Crippen LogP contribution in [0, 0.1) is 0 Å². The number of piperazine rings is 1. The number of aliphatic hydroxyl groups excluding tert-OH is 1. The summed E-state index contributed by atoms with van der Waals surface area (Å²) >= 11 is 1.81. The fraction of sp³-hybridized carbons (Fsp3) is 0.375. The lowest BCUT2D eigenvalue weighted by atomic mass is 10.1. The average Bonchev–Trinajstić information content (AvgIpc) is 3.01. The molecule has 1 aliphatic heterocycles. The second kappa shape index (κ2) is 5.95. The summed E-state index contributed by atoms with van der Waals surface area (Å²) in [5.41, 5.74) is 2.18. The molecule has 0 saturated carbocycles. The van der Waals surface area contributed by atoms with Crippen LogP contribution in [-0.4, -0.2) is 36.7 Å². The van der Waals surface area contributed by atoms with Crippen molar-refractivity contribution in [1.82, 2.24) is 4.90 Å². The molecule has 1 atom stereocenters. The van der Waals surface area contributed by atoms with Crippen LogP contribution < -0.4 is 4.90 Å². The highest BCUT2D eigenvalue weighted by Crippen LogP contribution is 2.34. The van der Waals surface area contributed by atoms with Crippen molar-refractivity contribution in [3.05, 3.63) is 52.2 Å². The summed E-state index contributed by atoms with van der Waals surface area (Å²) in [6, 6.07) is 12.9.